The first-order valence-electron chi connectivity index (χ1n) is 11.8. The summed E-state index contributed by atoms with van der Waals surface area (Å²) in [5, 5.41) is 8.60. The van der Waals surface area contributed by atoms with Crippen LogP contribution in [0.25, 0.3) is 10.9 Å². The molecule has 0 radical (unpaired) electrons. The third kappa shape index (κ3) is 6.91. The number of carbonyl (C=O) groups excluding carboxylic acids is 2. The maximum Gasteiger partial charge on any atom is 0.337 e. The smallest absolute Gasteiger partial charge is 0.337 e. The number of nitrogens with zero attached hydrogens (tertiary/aromatic N) is 2. The van der Waals surface area contributed by atoms with E-state index in [1.807, 2.05) is 19.1 Å². The summed E-state index contributed by atoms with van der Waals surface area (Å²) in [7, 11) is -2.55. The van der Waals surface area contributed by atoms with Gasteiger partial charge in [0.1, 0.15) is 0 Å². The fourth-order valence-electron chi connectivity index (χ4n) is 3.80. The van der Waals surface area contributed by atoms with E-state index in [1.54, 1.807) is 24.3 Å². The Morgan fingerprint density at radius 3 is 2.38 bits per heavy atom. The summed E-state index contributed by atoms with van der Waals surface area (Å²) in [5.41, 5.74) is 2.72. The van der Waals surface area contributed by atoms with Gasteiger partial charge in [0.05, 0.1) is 34.2 Å². The van der Waals surface area contributed by atoms with Crippen LogP contribution in [0.5, 0.6) is 0 Å². The van der Waals surface area contributed by atoms with Crippen molar-refractivity contribution in [3.63, 3.8) is 0 Å². The molecule has 0 saturated heterocycles. The van der Waals surface area contributed by atoms with Gasteiger partial charge in [0.15, 0.2) is 5.16 Å². The number of thioether (sulfide) groups is 1. The van der Waals surface area contributed by atoms with Crippen LogP contribution in [0.15, 0.2) is 81.6 Å². The maximum absolute atomic E-state index is 13.5. The normalized spacial score (nSPS) is 11.4. The molecule has 10 nitrogen and oxygen atoms in total. The Kier molecular flexibility index (Phi) is 8.48. The fraction of sp³-hybridized carbons (Fsp3) is 0.185. The second-order valence-corrected chi connectivity index (χ2v) is 11.2. The van der Waals surface area contributed by atoms with E-state index in [2.05, 4.69) is 10.3 Å². The number of benzene rings is 3. The molecule has 0 aliphatic carbocycles. The number of methoxy groups -OCH3 is 1. The highest BCUT2D eigenvalue weighted by atomic mass is 32.2. The van der Waals surface area contributed by atoms with Crippen molar-refractivity contribution in [1.82, 2.24) is 9.55 Å². The molecule has 0 saturated carbocycles. The van der Waals surface area contributed by atoms with Crippen LogP contribution in [-0.4, -0.2) is 42.7 Å². The van der Waals surface area contributed by atoms with Gasteiger partial charge in [0.25, 0.3) is 5.56 Å². The van der Waals surface area contributed by atoms with Crippen LogP contribution >= 0.6 is 11.8 Å². The lowest BCUT2D eigenvalue weighted by atomic mass is 10.1. The first-order chi connectivity index (χ1) is 18.5. The number of carbonyl (C=O) groups is 2. The van der Waals surface area contributed by atoms with Gasteiger partial charge >= 0.3 is 5.97 Å². The summed E-state index contributed by atoms with van der Waals surface area (Å²) < 4.78 is 29.3. The average Bonchev–Trinajstić information content (AvgIpc) is 2.91. The highest BCUT2D eigenvalue weighted by Gasteiger charge is 2.16. The summed E-state index contributed by atoms with van der Waals surface area (Å²) >= 11 is 1.10. The number of primary sulfonamides is 1. The first-order valence-corrected chi connectivity index (χ1v) is 14.3. The molecule has 0 fully saturated rings. The molecule has 1 amide bonds. The lowest BCUT2D eigenvalue weighted by molar-refractivity contribution is -0.113. The number of aryl methyl sites for hydroxylation is 2. The van der Waals surface area contributed by atoms with Crippen LogP contribution in [0, 0.1) is 6.92 Å². The van der Waals surface area contributed by atoms with Gasteiger partial charge < -0.3 is 10.1 Å². The summed E-state index contributed by atoms with van der Waals surface area (Å²) in [5.74, 6) is -0.838. The Morgan fingerprint density at radius 2 is 1.74 bits per heavy atom. The van der Waals surface area contributed by atoms with Crippen LogP contribution < -0.4 is 16.0 Å². The molecule has 0 unspecified atom stereocenters. The van der Waals surface area contributed by atoms with E-state index in [-0.39, 0.29) is 34.2 Å². The number of sulfonamides is 1. The molecular formula is C27H26N4O6S2. The number of aromatic nitrogens is 2. The molecule has 4 rings (SSSR count). The Balaban J connectivity index is 1.62. The van der Waals surface area contributed by atoms with Gasteiger partial charge in [-0.1, -0.05) is 41.6 Å². The van der Waals surface area contributed by atoms with E-state index in [9.17, 15) is 22.8 Å². The van der Waals surface area contributed by atoms with E-state index in [4.69, 9.17) is 9.88 Å². The van der Waals surface area contributed by atoms with Crippen LogP contribution in [0.2, 0.25) is 0 Å². The van der Waals surface area contributed by atoms with Crippen LogP contribution in [0.4, 0.5) is 5.69 Å². The van der Waals surface area contributed by atoms with Crippen molar-refractivity contribution in [2.24, 2.45) is 5.14 Å². The van der Waals surface area contributed by atoms with E-state index in [0.29, 0.717) is 28.2 Å². The number of nitrogens with two attached hydrogens (primary N) is 1. The first kappa shape index (κ1) is 28.0. The van der Waals surface area contributed by atoms with Crippen molar-refractivity contribution in [1.29, 1.82) is 0 Å². The van der Waals surface area contributed by atoms with E-state index in [0.717, 1.165) is 22.9 Å². The number of ether oxygens (including phenoxy) is 1. The van der Waals surface area contributed by atoms with Gasteiger partial charge in [-0.15, -0.1) is 0 Å². The van der Waals surface area contributed by atoms with Crippen molar-refractivity contribution < 1.29 is 22.7 Å². The standard InChI is InChI=1S/C27H26N4O6S2/c1-17-3-8-20(9-4-17)29-24(32)16-38-27-30-23-15-19(26(34)37-2)7-12-22(23)25(33)31(27)14-13-18-5-10-21(11-6-18)39(28,35)36/h3-12,15H,13-14,16H2,1-2H3,(H,29,32)(H2,28,35,36). The van der Waals surface area contributed by atoms with Crippen LogP contribution in [0.3, 0.4) is 0 Å². The van der Waals surface area contributed by atoms with E-state index >= 15 is 0 Å². The zero-order valence-electron chi connectivity index (χ0n) is 21.2. The molecule has 0 aliphatic heterocycles. The Morgan fingerprint density at radius 1 is 1.05 bits per heavy atom. The molecule has 1 aromatic heterocycles. The minimum Gasteiger partial charge on any atom is -0.465 e. The number of nitrogens with one attached hydrogen (secondary N) is 1. The van der Waals surface area contributed by atoms with E-state index < -0.39 is 16.0 Å². The monoisotopic (exact) mass is 566 g/mol. The Bertz CT molecular complexity index is 1700. The zero-order valence-corrected chi connectivity index (χ0v) is 22.8. The lowest BCUT2D eigenvalue weighted by Crippen LogP contribution is -2.25. The van der Waals surface area contributed by atoms with Gasteiger partial charge in [-0.05, 0) is 61.4 Å². The largest absolute Gasteiger partial charge is 0.465 e. The number of hydrogen-bond acceptors (Lipinski definition) is 8. The van der Waals surface area contributed by atoms with Crippen LogP contribution in [0.1, 0.15) is 21.5 Å². The average molecular weight is 567 g/mol. The highest BCUT2D eigenvalue weighted by molar-refractivity contribution is 7.99. The summed E-state index contributed by atoms with van der Waals surface area (Å²) in [6.45, 7) is 2.17. The van der Waals surface area contributed by atoms with Gasteiger partial charge in [-0.3, -0.25) is 14.2 Å². The molecule has 1 heterocycles. The molecule has 12 heteroatoms. The minimum atomic E-state index is -3.82. The van der Waals surface area contributed by atoms with Crippen molar-refractivity contribution in [3.05, 3.63) is 93.8 Å². The molecule has 0 atom stereocenters. The molecule has 0 bridgehead atoms. The number of esters is 1. The second kappa shape index (κ2) is 11.8. The molecule has 3 aromatic carbocycles. The van der Waals surface area contributed by atoms with Crippen molar-refractivity contribution in [3.8, 4) is 0 Å². The number of fused-ring (bicyclic) bond motifs is 1. The van der Waals surface area contributed by atoms with Crippen molar-refractivity contribution in [2.45, 2.75) is 29.9 Å². The number of amides is 1. The third-order valence-electron chi connectivity index (χ3n) is 5.89. The maximum atomic E-state index is 13.5. The lowest BCUT2D eigenvalue weighted by Gasteiger charge is -2.14. The Hall–Kier alpha value is -4.00. The third-order valence-corrected chi connectivity index (χ3v) is 7.79. The summed E-state index contributed by atoms with van der Waals surface area (Å²) in [6.07, 6.45) is 0.390. The summed E-state index contributed by atoms with van der Waals surface area (Å²) in [6, 6.07) is 18.0. The summed E-state index contributed by atoms with van der Waals surface area (Å²) in [4.78, 5) is 42.7. The molecule has 0 aliphatic rings. The molecule has 3 N–H and O–H groups in total. The quantitative estimate of drug-likeness (QED) is 0.178. The number of anilines is 1. The molecule has 4 aromatic rings. The predicted octanol–water partition coefficient (Wildman–Crippen LogP) is 3.11. The number of rotatable bonds is 9. The molecular weight excluding hydrogens is 540 g/mol. The highest BCUT2D eigenvalue weighted by Crippen LogP contribution is 2.21. The SMILES string of the molecule is COC(=O)c1ccc2c(=O)n(CCc3ccc(S(N)(=O)=O)cc3)c(SCC(=O)Nc3ccc(C)cc3)nc2c1. The van der Waals surface area contributed by atoms with Gasteiger partial charge in [0.2, 0.25) is 15.9 Å². The Labute approximate surface area is 229 Å². The molecule has 202 valence electrons. The molecule has 0 spiro atoms. The van der Waals surface area contributed by atoms with Gasteiger partial charge in [0, 0.05) is 12.2 Å². The molecule has 39 heavy (non-hydrogen) atoms. The van der Waals surface area contributed by atoms with Gasteiger partial charge in [-0.25, -0.2) is 23.3 Å². The zero-order chi connectivity index (χ0) is 28.2. The van der Waals surface area contributed by atoms with Gasteiger partial charge in [-0.2, -0.15) is 0 Å². The van der Waals surface area contributed by atoms with Crippen molar-refractivity contribution >= 4 is 50.3 Å². The van der Waals surface area contributed by atoms with Crippen LogP contribution in [-0.2, 0) is 32.5 Å². The van der Waals surface area contributed by atoms with Crippen molar-refractivity contribution in [2.75, 3.05) is 18.2 Å². The second-order valence-electron chi connectivity index (χ2n) is 8.72. The number of hydrogen-bond donors (Lipinski definition) is 2. The minimum absolute atomic E-state index is 0.00645. The predicted molar refractivity (Wildman–Crippen MR) is 149 cm³/mol. The topological polar surface area (TPSA) is 150 Å². The van der Waals surface area contributed by atoms with E-state index in [1.165, 1.54) is 42.0 Å². The fourth-order valence-corrected chi connectivity index (χ4v) is 5.14.